The van der Waals surface area contributed by atoms with Gasteiger partial charge in [0.1, 0.15) is 6.07 Å². The Hall–Kier alpha value is -6.95. The first-order valence-electron chi connectivity index (χ1n) is 28.2. The molecule has 75 heavy (non-hydrogen) atoms. The standard InChI is InChI=1S/C68H69N7/c1-41-31-43(3)64-55(33-41)56-34-42(2)32-44(4)65(56)75(64)63-39-60(74-59-30-17-15-28-52(59)54-37-61-53(38-62(54)74)51-27-14-16-29-58(51)73(61)50-25-12-7-13-26-50)49(40-69)36-57(63)68-71-66(46-21-10-6-11-22-46)70-67(72-68)48-24-18-23-47(35-48)45-19-8-5-9-20-45/h6-8,10-12,15-21,23-25,28-31,33-37,39,44,46,52-53,55,59,64,66-68,70-72H,5,9,13-14,22,26-27,32,38H2,1-4H3. The summed E-state index contributed by atoms with van der Waals surface area (Å²) in [6.45, 7) is 9.38. The molecule has 4 heterocycles. The molecule has 8 aliphatic carbocycles. The van der Waals surface area contributed by atoms with Crippen molar-refractivity contribution in [1.29, 1.82) is 5.26 Å². The van der Waals surface area contributed by atoms with Gasteiger partial charge in [0, 0.05) is 75.7 Å². The van der Waals surface area contributed by atoms with Gasteiger partial charge in [-0.25, -0.2) is 0 Å². The minimum Gasteiger partial charge on any atom is -0.336 e. The molecule has 10 atom stereocenters. The molecule has 0 amide bonds. The predicted molar refractivity (Wildman–Crippen MR) is 306 cm³/mol. The van der Waals surface area contributed by atoms with Crippen LogP contribution in [0.25, 0.3) is 5.57 Å². The highest BCUT2D eigenvalue weighted by molar-refractivity contribution is 5.80. The van der Waals surface area contributed by atoms with Crippen LogP contribution in [-0.4, -0.2) is 23.1 Å². The van der Waals surface area contributed by atoms with Gasteiger partial charge < -0.3 is 14.7 Å². The molecule has 12 aliphatic rings. The Morgan fingerprint density at radius 2 is 1.60 bits per heavy atom. The van der Waals surface area contributed by atoms with Gasteiger partial charge >= 0.3 is 0 Å². The second-order valence-electron chi connectivity index (χ2n) is 23.1. The summed E-state index contributed by atoms with van der Waals surface area (Å²) in [5.41, 5.74) is 23.3. The molecule has 2 aromatic carbocycles. The molecular weight excluding hydrogens is 915 g/mol. The maximum atomic E-state index is 11.8. The highest BCUT2D eigenvalue weighted by Crippen LogP contribution is 2.57. The van der Waals surface area contributed by atoms with Gasteiger partial charge in [-0.1, -0.05) is 140 Å². The first kappa shape index (κ1) is 46.6. The number of allylic oxidation sites excluding steroid dienone is 23. The molecular formula is C68H69N7. The van der Waals surface area contributed by atoms with Crippen LogP contribution in [0.4, 0.5) is 11.4 Å². The number of nitriles is 1. The SMILES string of the molecule is CC1=CC2C3=C(C(C)CC(C)=C3)N(c3cc(N4C5=C(C=C6C(C5)C5=C(C=CCC5)N6C5=CC=CCC5)C5C=CC=CC54)c(C#N)cc3C3NC(c4cccc(C5=CCCC=C5)c4)NC(C4C=CC=CC4)N3)C2C(C)=C1. The summed E-state index contributed by atoms with van der Waals surface area (Å²) < 4.78 is 0. The fourth-order valence-corrected chi connectivity index (χ4v) is 15.2. The van der Waals surface area contributed by atoms with E-state index in [1.807, 2.05) is 0 Å². The maximum absolute atomic E-state index is 11.8. The zero-order valence-electron chi connectivity index (χ0n) is 43.9. The van der Waals surface area contributed by atoms with Gasteiger partial charge in [0.15, 0.2) is 0 Å². The molecule has 3 N–H and O–H groups in total. The van der Waals surface area contributed by atoms with E-state index in [0.717, 1.165) is 69.0 Å². The zero-order valence-corrected chi connectivity index (χ0v) is 43.9. The van der Waals surface area contributed by atoms with Crippen molar-refractivity contribution in [1.82, 2.24) is 20.9 Å². The third-order valence-electron chi connectivity index (χ3n) is 18.3. The lowest BCUT2D eigenvalue weighted by Gasteiger charge is -2.45. The number of nitrogens with one attached hydrogen (secondary N) is 3. The number of anilines is 2. The molecule has 7 heteroatoms. The summed E-state index contributed by atoms with van der Waals surface area (Å²) in [6.07, 6.45) is 55.8. The Balaban J connectivity index is 0.957. The lowest BCUT2D eigenvalue weighted by molar-refractivity contribution is 0.170. The van der Waals surface area contributed by atoms with E-state index in [1.165, 1.54) is 78.7 Å². The van der Waals surface area contributed by atoms with Gasteiger partial charge in [-0.05, 0) is 148 Å². The first-order chi connectivity index (χ1) is 36.8. The fourth-order valence-electron chi connectivity index (χ4n) is 15.2. The van der Waals surface area contributed by atoms with E-state index in [2.05, 4.69) is 222 Å². The van der Waals surface area contributed by atoms with E-state index in [0.29, 0.717) is 11.5 Å². The minimum absolute atomic E-state index is 0.0464. The Morgan fingerprint density at radius 1 is 0.733 bits per heavy atom. The number of hydrogen-bond donors (Lipinski definition) is 3. The zero-order chi connectivity index (χ0) is 50.5. The molecule has 0 saturated carbocycles. The van der Waals surface area contributed by atoms with Crippen molar-refractivity contribution < 1.29 is 0 Å². The van der Waals surface area contributed by atoms with Crippen LogP contribution in [0.5, 0.6) is 0 Å². The van der Waals surface area contributed by atoms with Gasteiger partial charge in [0.2, 0.25) is 0 Å². The topological polar surface area (TPSA) is 69.6 Å². The molecule has 1 saturated heterocycles. The van der Waals surface area contributed by atoms with E-state index in [9.17, 15) is 5.26 Å². The molecule has 2 aromatic rings. The van der Waals surface area contributed by atoms with Crippen LogP contribution in [-0.2, 0) is 0 Å². The van der Waals surface area contributed by atoms with Crippen molar-refractivity contribution in [2.75, 3.05) is 9.80 Å². The van der Waals surface area contributed by atoms with Crippen LogP contribution in [0.1, 0.15) is 120 Å². The second-order valence-corrected chi connectivity index (χ2v) is 23.1. The lowest BCUT2D eigenvalue weighted by atomic mass is 9.80. The first-order valence-corrected chi connectivity index (χ1v) is 28.2. The Morgan fingerprint density at radius 3 is 2.44 bits per heavy atom. The Kier molecular flexibility index (Phi) is 11.6. The van der Waals surface area contributed by atoms with Crippen LogP contribution >= 0.6 is 0 Å². The largest absolute Gasteiger partial charge is 0.336 e. The number of hydrogen-bond acceptors (Lipinski definition) is 7. The molecule has 0 bridgehead atoms. The highest BCUT2D eigenvalue weighted by atomic mass is 15.4. The van der Waals surface area contributed by atoms with Gasteiger partial charge in [0.25, 0.3) is 0 Å². The van der Waals surface area contributed by atoms with Crippen molar-refractivity contribution in [2.24, 2.45) is 29.6 Å². The molecule has 10 unspecified atom stereocenters. The van der Waals surface area contributed by atoms with E-state index in [-0.39, 0.29) is 54.3 Å². The Bertz CT molecular complexity index is 3370. The molecule has 1 fully saturated rings. The fraction of sp³-hybridized carbons (Fsp3) is 0.338. The predicted octanol–water partition coefficient (Wildman–Crippen LogP) is 14.4. The normalized spacial score (nSPS) is 32.0. The van der Waals surface area contributed by atoms with Crippen LogP contribution in [0.15, 0.2) is 220 Å². The van der Waals surface area contributed by atoms with Crippen molar-refractivity contribution >= 4 is 16.9 Å². The average molecular weight is 984 g/mol. The molecule has 376 valence electrons. The van der Waals surface area contributed by atoms with Crippen LogP contribution in [0.3, 0.4) is 0 Å². The molecule has 14 rings (SSSR count). The number of fused-ring (bicyclic) bond motifs is 6. The smallest absolute Gasteiger partial charge is 0.101 e. The van der Waals surface area contributed by atoms with E-state index in [1.54, 1.807) is 5.57 Å². The quantitative estimate of drug-likeness (QED) is 0.255. The minimum atomic E-state index is -0.296. The third kappa shape index (κ3) is 7.77. The van der Waals surface area contributed by atoms with E-state index >= 15 is 0 Å². The van der Waals surface area contributed by atoms with Crippen LogP contribution in [0, 0.1) is 40.9 Å². The molecule has 7 nitrogen and oxygen atoms in total. The summed E-state index contributed by atoms with van der Waals surface area (Å²) in [5.74, 6) is 1.22. The molecule has 0 aromatic heterocycles. The monoisotopic (exact) mass is 984 g/mol. The lowest BCUT2D eigenvalue weighted by Crippen LogP contribution is -2.61. The summed E-state index contributed by atoms with van der Waals surface area (Å²) in [5, 5.41) is 24.2. The third-order valence-corrected chi connectivity index (χ3v) is 18.3. The van der Waals surface area contributed by atoms with Crippen molar-refractivity contribution in [3.8, 4) is 6.07 Å². The van der Waals surface area contributed by atoms with E-state index < -0.39 is 0 Å². The van der Waals surface area contributed by atoms with Gasteiger partial charge in [0.05, 0.1) is 41.8 Å². The van der Waals surface area contributed by atoms with Gasteiger partial charge in [-0.15, -0.1) is 0 Å². The Labute approximate surface area is 444 Å². The summed E-state index contributed by atoms with van der Waals surface area (Å²) in [7, 11) is 0. The van der Waals surface area contributed by atoms with Crippen LogP contribution in [0.2, 0.25) is 0 Å². The maximum Gasteiger partial charge on any atom is 0.101 e. The molecule has 0 spiro atoms. The highest BCUT2D eigenvalue weighted by Gasteiger charge is 2.50. The molecule has 4 aliphatic heterocycles. The summed E-state index contributed by atoms with van der Waals surface area (Å²) in [6, 6.07) is 16.9. The van der Waals surface area contributed by atoms with Crippen molar-refractivity contribution in [2.45, 2.75) is 116 Å². The summed E-state index contributed by atoms with van der Waals surface area (Å²) in [4.78, 5) is 8.01. The number of benzene rings is 2. The summed E-state index contributed by atoms with van der Waals surface area (Å²) >= 11 is 0. The van der Waals surface area contributed by atoms with Crippen molar-refractivity contribution in [3.05, 3.63) is 242 Å². The van der Waals surface area contributed by atoms with Crippen molar-refractivity contribution in [3.63, 3.8) is 0 Å². The molecule has 0 radical (unpaired) electrons. The number of nitrogens with zero attached hydrogens (tertiary/aromatic N) is 4. The van der Waals surface area contributed by atoms with Gasteiger partial charge in [-0.3, -0.25) is 16.0 Å². The van der Waals surface area contributed by atoms with Gasteiger partial charge in [-0.2, -0.15) is 5.26 Å². The number of rotatable bonds is 7. The van der Waals surface area contributed by atoms with E-state index in [4.69, 9.17) is 0 Å². The second kappa shape index (κ2) is 18.7. The van der Waals surface area contributed by atoms with Crippen LogP contribution < -0.4 is 25.8 Å². The average Bonchev–Trinajstić information content (AvgIpc) is 4.16.